The van der Waals surface area contributed by atoms with Crippen molar-refractivity contribution < 1.29 is 9.13 Å². The van der Waals surface area contributed by atoms with Crippen LogP contribution >= 0.6 is 45.2 Å². The van der Waals surface area contributed by atoms with Crippen molar-refractivity contribution in [3.63, 3.8) is 0 Å². The Kier molecular flexibility index (Phi) is 6.20. The van der Waals surface area contributed by atoms with E-state index in [1.807, 2.05) is 0 Å². The third kappa shape index (κ3) is 4.65. The van der Waals surface area contributed by atoms with E-state index in [-0.39, 0.29) is 0 Å². The molecular formula is C16H20I2N2+2. The quantitative estimate of drug-likeness (QED) is 0.438. The van der Waals surface area contributed by atoms with Crippen molar-refractivity contribution in [3.8, 4) is 0 Å². The molecule has 0 saturated heterocycles. The van der Waals surface area contributed by atoms with Gasteiger partial charge in [0, 0.05) is 25.0 Å². The first-order valence-corrected chi connectivity index (χ1v) is 9.04. The van der Waals surface area contributed by atoms with Crippen molar-refractivity contribution >= 4 is 45.2 Å². The van der Waals surface area contributed by atoms with Crippen LogP contribution in [0.25, 0.3) is 0 Å². The normalized spacial score (nSPS) is 14.0. The SMILES string of the molecule is CC(CCC(C)[n+]1cccc(I)c1)[n+]1cccc(I)c1. The Morgan fingerprint density at radius 3 is 1.60 bits per heavy atom. The molecule has 0 N–H and O–H groups in total. The maximum absolute atomic E-state index is 2.37. The van der Waals surface area contributed by atoms with Gasteiger partial charge in [0.25, 0.3) is 0 Å². The van der Waals surface area contributed by atoms with Gasteiger partial charge >= 0.3 is 0 Å². The lowest BCUT2D eigenvalue weighted by Gasteiger charge is -2.10. The van der Waals surface area contributed by atoms with Crippen LogP contribution in [-0.2, 0) is 0 Å². The summed E-state index contributed by atoms with van der Waals surface area (Å²) in [6, 6.07) is 9.58. The van der Waals surface area contributed by atoms with Crippen molar-refractivity contribution in [1.29, 1.82) is 0 Å². The molecule has 2 nitrogen and oxygen atoms in total. The summed E-state index contributed by atoms with van der Waals surface area (Å²) in [5, 5.41) is 0. The molecule has 0 aromatic carbocycles. The van der Waals surface area contributed by atoms with Gasteiger partial charge in [0.1, 0.15) is 0 Å². The Balaban J connectivity index is 1.94. The molecule has 0 aliphatic carbocycles. The molecule has 0 spiro atoms. The summed E-state index contributed by atoms with van der Waals surface area (Å²) in [5.74, 6) is 0. The first kappa shape index (κ1) is 16.1. The van der Waals surface area contributed by atoms with Gasteiger partial charge in [-0.05, 0) is 71.2 Å². The second kappa shape index (κ2) is 7.68. The predicted molar refractivity (Wildman–Crippen MR) is 97.4 cm³/mol. The van der Waals surface area contributed by atoms with Crippen molar-refractivity contribution in [2.24, 2.45) is 0 Å². The van der Waals surface area contributed by atoms with E-state index in [0.717, 1.165) is 0 Å². The Morgan fingerprint density at radius 1 is 0.850 bits per heavy atom. The van der Waals surface area contributed by atoms with E-state index in [1.165, 1.54) is 20.0 Å². The molecule has 2 rings (SSSR count). The first-order chi connectivity index (χ1) is 9.56. The van der Waals surface area contributed by atoms with Crippen LogP contribution in [0.4, 0.5) is 0 Å². The highest BCUT2D eigenvalue weighted by Crippen LogP contribution is 2.13. The van der Waals surface area contributed by atoms with Crippen LogP contribution < -0.4 is 9.13 Å². The minimum Gasteiger partial charge on any atom is -0.202 e. The molecule has 4 heteroatoms. The lowest BCUT2D eigenvalue weighted by molar-refractivity contribution is -0.732. The van der Waals surface area contributed by atoms with Crippen LogP contribution in [0.2, 0.25) is 0 Å². The highest BCUT2D eigenvalue weighted by Gasteiger charge is 2.18. The second-order valence-electron chi connectivity index (χ2n) is 5.21. The molecule has 20 heavy (non-hydrogen) atoms. The van der Waals surface area contributed by atoms with E-state index in [2.05, 4.69) is 117 Å². The van der Waals surface area contributed by atoms with Crippen LogP contribution in [0, 0.1) is 7.14 Å². The van der Waals surface area contributed by atoms with Gasteiger partial charge in [-0.15, -0.1) is 0 Å². The maximum atomic E-state index is 2.37. The van der Waals surface area contributed by atoms with Crippen molar-refractivity contribution in [2.45, 2.75) is 38.8 Å². The summed E-state index contributed by atoms with van der Waals surface area (Å²) < 4.78 is 7.20. The Bertz CT molecular complexity index is 520. The molecule has 2 aromatic heterocycles. The van der Waals surface area contributed by atoms with Gasteiger partial charge in [-0.2, -0.15) is 0 Å². The highest BCUT2D eigenvalue weighted by atomic mass is 127. The zero-order valence-electron chi connectivity index (χ0n) is 11.8. The maximum Gasteiger partial charge on any atom is 0.182 e. The number of aromatic nitrogens is 2. The Hall–Kier alpha value is -0.240. The van der Waals surface area contributed by atoms with E-state index < -0.39 is 0 Å². The molecule has 0 amide bonds. The summed E-state index contributed by atoms with van der Waals surface area (Å²) in [4.78, 5) is 0. The fourth-order valence-electron chi connectivity index (χ4n) is 2.25. The predicted octanol–water partition coefficient (Wildman–Crippen LogP) is 4.07. The molecule has 0 fully saturated rings. The smallest absolute Gasteiger partial charge is 0.182 e. The number of halogens is 2. The number of hydrogen-bond acceptors (Lipinski definition) is 0. The fourth-order valence-corrected chi connectivity index (χ4v) is 3.31. The molecule has 2 heterocycles. The zero-order chi connectivity index (χ0) is 14.5. The van der Waals surface area contributed by atoms with Crippen LogP contribution in [0.5, 0.6) is 0 Å². The third-order valence-corrected chi connectivity index (χ3v) is 4.87. The van der Waals surface area contributed by atoms with Gasteiger partial charge in [0.2, 0.25) is 0 Å². The molecule has 0 radical (unpaired) electrons. The van der Waals surface area contributed by atoms with Crippen molar-refractivity contribution in [2.75, 3.05) is 0 Å². The summed E-state index contributed by atoms with van der Waals surface area (Å²) >= 11 is 4.74. The fraction of sp³-hybridized carbons (Fsp3) is 0.375. The van der Waals surface area contributed by atoms with Gasteiger partial charge in [0.15, 0.2) is 36.9 Å². The number of rotatable bonds is 5. The van der Waals surface area contributed by atoms with Gasteiger partial charge in [-0.3, -0.25) is 0 Å². The zero-order valence-corrected chi connectivity index (χ0v) is 16.2. The number of pyridine rings is 2. The molecule has 0 bridgehead atoms. The van der Waals surface area contributed by atoms with Crippen molar-refractivity contribution in [3.05, 3.63) is 56.2 Å². The molecule has 0 saturated carbocycles. The second-order valence-corrected chi connectivity index (χ2v) is 7.71. The van der Waals surface area contributed by atoms with Gasteiger partial charge in [-0.25, -0.2) is 9.13 Å². The molecule has 2 unspecified atom stereocenters. The minimum absolute atomic E-state index is 0.538. The molecule has 2 aromatic rings. The summed E-state index contributed by atoms with van der Waals surface area (Å²) in [7, 11) is 0. The summed E-state index contributed by atoms with van der Waals surface area (Å²) in [5.41, 5.74) is 0. The number of nitrogens with zero attached hydrogens (tertiary/aromatic N) is 2. The van der Waals surface area contributed by atoms with Crippen LogP contribution in [0.1, 0.15) is 38.8 Å². The average Bonchev–Trinajstić information content (AvgIpc) is 2.44. The molecular weight excluding hydrogens is 474 g/mol. The van der Waals surface area contributed by atoms with Gasteiger partial charge in [-0.1, -0.05) is 0 Å². The lowest BCUT2D eigenvalue weighted by Crippen LogP contribution is -2.40. The standard InChI is InChI=1S/C16H20I2N2/c1-13(19-9-3-5-15(17)11-19)7-8-14(2)20-10-4-6-16(18)12-20/h3-6,9-14H,7-8H2,1-2H3/q+2. The molecule has 106 valence electrons. The third-order valence-electron chi connectivity index (χ3n) is 3.59. The van der Waals surface area contributed by atoms with Crippen LogP contribution in [0.3, 0.4) is 0 Å². The lowest BCUT2D eigenvalue weighted by atomic mass is 10.1. The first-order valence-electron chi connectivity index (χ1n) is 6.89. The van der Waals surface area contributed by atoms with Gasteiger partial charge < -0.3 is 0 Å². The van der Waals surface area contributed by atoms with Crippen molar-refractivity contribution in [1.82, 2.24) is 0 Å². The Morgan fingerprint density at radius 2 is 1.25 bits per heavy atom. The molecule has 2 atom stereocenters. The Labute approximate surface area is 148 Å². The van der Waals surface area contributed by atoms with Crippen LogP contribution in [-0.4, -0.2) is 0 Å². The van der Waals surface area contributed by atoms with Crippen LogP contribution in [0.15, 0.2) is 49.1 Å². The topological polar surface area (TPSA) is 7.76 Å². The molecule has 0 aliphatic rings. The molecule has 0 aliphatic heterocycles. The van der Waals surface area contributed by atoms with E-state index in [1.54, 1.807) is 0 Å². The average molecular weight is 494 g/mol. The minimum atomic E-state index is 0.538. The van der Waals surface area contributed by atoms with Gasteiger partial charge in [0.05, 0.1) is 7.14 Å². The largest absolute Gasteiger partial charge is 0.202 e. The summed E-state index contributed by atoms with van der Waals surface area (Å²) in [6.45, 7) is 4.59. The summed E-state index contributed by atoms with van der Waals surface area (Å²) in [6.07, 6.45) is 11.1. The van der Waals surface area contributed by atoms with E-state index in [0.29, 0.717) is 12.1 Å². The highest BCUT2D eigenvalue weighted by molar-refractivity contribution is 14.1. The number of hydrogen-bond donors (Lipinski definition) is 0. The van der Waals surface area contributed by atoms with E-state index >= 15 is 0 Å². The monoisotopic (exact) mass is 494 g/mol. The van der Waals surface area contributed by atoms with E-state index in [9.17, 15) is 0 Å². The van der Waals surface area contributed by atoms with E-state index in [4.69, 9.17) is 0 Å².